The molecule has 1 unspecified atom stereocenters. The number of aldehydes is 1. The third kappa shape index (κ3) is 11.0. The van der Waals surface area contributed by atoms with Crippen molar-refractivity contribution in [2.75, 3.05) is 94.6 Å². The number of anilines is 4. The van der Waals surface area contributed by atoms with Crippen molar-refractivity contribution in [3.05, 3.63) is 53.5 Å². The summed E-state index contributed by atoms with van der Waals surface area (Å²) in [5.41, 5.74) is 2.67. The summed E-state index contributed by atoms with van der Waals surface area (Å²) >= 11 is 0. The number of likely N-dealkylation sites (N-methyl/N-ethyl adjacent to an activating group) is 1. The Labute approximate surface area is 381 Å². The van der Waals surface area contributed by atoms with Gasteiger partial charge in [-0.1, -0.05) is 0 Å². The van der Waals surface area contributed by atoms with Gasteiger partial charge in [0.1, 0.15) is 23.7 Å². The molecule has 18 heteroatoms. The second-order valence-corrected chi connectivity index (χ2v) is 18.4. The molecule has 3 amide bonds. The highest BCUT2D eigenvalue weighted by Crippen LogP contribution is 2.33. The molecule has 2 aromatic heterocycles. The van der Waals surface area contributed by atoms with Crippen LogP contribution in [-0.4, -0.2) is 167 Å². The summed E-state index contributed by atoms with van der Waals surface area (Å²) in [6, 6.07) is 5.20. The van der Waals surface area contributed by atoms with Crippen LogP contribution in [0.4, 0.5) is 23.1 Å². The van der Waals surface area contributed by atoms with Crippen molar-refractivity contribution in [1.82, 2.24) is 44.7 Å². The largest absolute Gasteiger partial charge is 0.462 e. The summed E-state index contributed by atoms with van der Waals surface area (Å²) in [5, 5.41) is 13.5. The van der Waals surface area contributed by atoms with Gasteiger partial charge in [-0.2, -0.15) is 10.1 Å². The van der Waals surface area contributed by atoms with E-state index in [1.54, 1.807) is 29.9 Å². The zero-order chi connectivity index (χ0) is 45.5. The number of nitrogens with zero attached hydrogens (tertiary/aromatic N) is 9. The molecule has 4 aliphatic heterocycles. The average Bonchev–Trinajstić information content (AvgIpc) is 3.85. The van der Waals surface area contributed by atoms with Gasteiger partial charge >= 0.3 is 5.97 Å². The van der Waals surface area contributed by atoms with Crippen molar-refractivity contribution < 1.29 is 28.7 Å². The van der Waals surface area contributed by atoms with Crippen molar-refractivity contribution in [2.45, 2.75) is 89.3 Å². The number of rotatable bonds is 17. The van der Waals surface area contributed by atoms with Gasteiger partial charge in [0.15, 0.2) is 0 Å². The summed E-state index contributed by atoms with van der Waals surface area (Å²) in [4.78, 5) is 83.6. The zero-order valence-electron chi connectivity index (χ0n) is 38.3. The van der Waals surface area contributed by atoms with E-state index in [1.807, 2.05) is 19.3 Å². The lowest BCUT2D eigenvalue weighted by Crippen LogP contribution is -2.53. The maximum atomic E-state index is 13.5. The molecule has 3 aromatic rings. The van der Waals surface area contributed by atoms with E-state index in [0.717, 1.165) is 120 Å². The van der Waals surface area contributed by atoms with Crippen LogP contribution in [0.1, 0.15) is 102 Å². The number of piperazine rings is 1. The van der Waals surface area contributed by atoms with Gasteiger partial charge in [0, 0.05) is 103 Å². The minimum Gasteiger partial charge on any atom is -0.462 e. The molecule has 6 heterocycles. The van der Waals surface area contributed by atoms with E-state index in [9.17, 15) is 24.0 Å². The first kappa shape index (κ1) is 46.1. The monoisotopic (exact) mass is 895 g/mol. The molecule has 4 fully saturated rings. The summed E-state index contributed by atoms with van der Waals surface area (Å²) in [5.74, 6) is 0.420. The first-order valence-electron chi connectivity index (χ1n) is 23.8. The number of carbonyl (C=O) groups excluding carboxylic acids is 5. The number of likely N-dealkylation sites (tertiary alicyclic amines) is 1. The van der Waals surface area contributed by atoms with E-state index in [2.05, 4.69) is 50.6 Å². The van der Waals surface area contributed by atoms with Crippen molar-refractivity contribution >= 4 is 53.1 Å². The maximum Gasteiger partial charge on any atom is 0.343 e. The summed E-state index contributed by atoms with van der Waals surface area (Å²) in [6.07, 6.45) is 14.8. The van der Waals surface area contributed by atoms with E-state index in [4.69, 9.17) is 4.74 Å². The molecule has 0 spiro atoms. The van der Waals surface area contributed by atoms with E-state index in [0.29, 0.717) is 46.7 Å². The number of nitrogens with one attached hydrogen (secondary N) is 3. The van der Waals surface area contributed by atoms with E-state index >= 15 is 0 Å². The number of hydrogen-bond acceptors (Lipinski definition) is 15. The topological polar surface area (TPSA) is 190 Å². The number of piperidine rings is 2. The Morgan fingerprint density at radius 3 is 2.18 bits per heavy atom. The normalized spacial score (nSPS) is 22.1. The molecule has 1 atom stereocenters. The Hall–Kier alpha value is -5.46. The number of carbonyl (C=O) groups is 5. The van der Waals surface area contributed by atoms with Crippen LogP contribution < -0.4 is 20.9 Å². The number of ether oxygens (including phenoxy) is 1. The van der Waals surface area contributed by atoms with Crippen LogP contribution in [0, 0.1) is 11.8 Å². The fourth-order valence-electron chi connectivity index (χ4n) is 10.6. The molecule has 350 valence electrons. The highest BCUT2D eigenvalue weighted by atomic mass is 16.5. The molecule has 1 saturated carbocycles. The fourth-order valence-corrected chi connectivity index (χ4v) is 10.6. The molecular formula is C47H66N12O6. The number of esters is 1. The Kier molecular flexibility index (Phi) is 15.1. The lowest BCUT2D eigenvalue weighted by atomic mass is 9.89. The number of amides is 3. The first-order chi connectivity index (χ1) is 31.6. The van der Waals surface area contributed by atoms with Crippen LogP contribution in [0.25, 0.3) is 0 Å². The summed E-state index contributed by atoms with van der Waals surface area (Å²) in [7, 11) is 3.31. The number of hydrogen-bond donors (Lipinski definition) is 3. The van der Waals surface area contributed by atoms with Gasteiger partial charge in [-0.05, 0) is 108 Å². The van der Waals surface area contributed by atoms with Crippen LogP contribution in [-0.2, 0) is 21.4 Å². The molecule has 18 nitrogen and oxygen atoms in total. The second kappa shape index (κ2) is 21.2. The van der Waals surface area contributed by atoms with Gasteiger partial charge in [-0.15, -0.1) is 0 Å². The molecule has 0 bridgehead atoms. The molecule has 65 heavy (non-hydrogen) atoms. The smallest absolute Gasteiger partial charge is 0.343 e. The Morgan fingerprint density at radius 1 is 0.862 bits per heavy atom. The van der Waals surface area contributed by atoms with Crippen LogP contribution in [0.5, 0.6) is 0 Å². The minimum atomic E-state index is -1.02. The van der Waals surface area contributed by atoms with Crippen molar-refractivity contribution in [1.29, 1.82) is 0 Å². The van der Waals surface area contributed by atoms with Gasteiger partial charge < -0.3 is 40.2 Å². The van der Waals surface area contributed by atoms with Gasteiger partial charge in [0.2, 0.25) is 11.9 Å². The van der Waals surface area contributed by atoms with Gasteiger partial charge in [0.25, 0.3) is 11.8 Å². The molecule has 3 saturated heterocycles. The predicted molar refractivity (Wildman–Crippen MR) is 246 cm³/mol. The SMILES string of the molecule is CCOC(=O)c1cnc(Nc2cnn(C)c2)nc1NC1CCC(N2CCN(CC3CCN(CC4CCN(c5ccc6c(c5)C(=O)N(C(CCC=O)C(=O)NC)C6=O)CC4)CC3)CC2)CC1. The maximum absolute atomic E-state index is 13.5. The Morgan fingerprint density at radius 2 is 1.54 bits per heavy atom. The third-order valence-corrected chi connectivity index (χ3v) is 14.2. The number of benzene rings is 1. The predicted octanol–water partition coefficient (Wildman–Crippen LogP) is 3.79. The molecule has 1 aliphatic carbocycles. The zero-order valence-corrected chi connectivity index (χ0v) is 38.3. The standard InChI is InChI=1S/C47H66N12O6/c1-4-65-46(64)40-28-49-47(52-35-27-50-54(3)31-35)53-42(40)51-34-7-9-36(10-8-34)58-23-21-56(22-24-58)30-32-13-17-55(18-14-32)29-33-15-19-57(20-16-33)37-11-12-38-39(26-37)45(63)59(44(38)62)41(6-5-25-60)43(61)48-2/h11-12,25-28,31-34,36,41H,4-10,13-24,29-30H2,1-3H3,(H,48,61)(H2,49,51,52,53). The second-order valence-electron chi connectivity index (χ2n) is 18.4. The molecule has 3 N–H and O–H groups in total. The summed E-state index contributed by atoms with van der Waals surface area (Å²) < 4.78 is 7.02. The molecule has 8 rings (SSSR count). The average molecular weight is 895 g/mol. The minimum absolute atomic E-state index is 0.0805. The molecule has 1 aromatic carbocycles. The van der Waals surface area contributed by atoms with Crippen LogP contribution in [0.3, 0.4) is 0 Å². The quantitative estimate of drug-likeness (QED) is 0.101. The lowest BCUT2D eigenvalue weighted by Gasteiger charge is -2.43. The van der Waals surface area contributed by atoms with Crippen molar-refractivity contribution in [2.24, 2.45) is 18.9 Å². The van der Waals surface area contributed by atoms with E-state index < -0.39 is 29.7 Å². The van der Waals surface area contributed by atoms with Crippen LogP contribution >= 0.6 is 0 Å². The highest BCUT2D eigenvalue weighted by Gasteiger charge is 2.43. The van der Waals surface area contributed by atoms with Crippen LogP contribution in [0.15, 0.2) is 36.8 Å². The number of fused-ring (bicyclic) bond motifs is 1. The van der Waals surface area contributed by atoms with Crippen LogP contribution in [0.2, 0.25) is 0 Å². The molecule has 0 radical (unpaired) electrons. The molecule has 5 aliphatic rings. The molecular weight excluding hydrogens is 829 g/mol. The fraction of sp³-hybridized carbons (Fsp3) is 0.617. The summed E-state index contributed by atoms with van der Waals surface area (Å²) in [6.45, 7) is 13.0. The number of aromatic nitrogens is 4. The number of aryl methyl sites for hydroxylation is 1. The third-order valence-electron chi connectivity index (χ3n) is 14.2. The van der Waals surface area contributed by atoms with Crippen molar-refractivity contribution in [3.8, 4) is 0 Å². The van der Waals surface area contributed by atoms with E-state index in [-0.39, 0.29) is 25.5 Å². The lowest BCUT2D eigenvalue weighted by molar-refractivity contribution is -0.124. The number of imide groups is 1. The van der Waals surface area contributed by atoms with Gasteiger partial charge in [-0.3, -0.25) is 28.9 Å². The van der Waals surface area contributed by atoms with Crippen molar-refractivity contribution in [3.63, 3.8) is 0 Å². The highest BCUT2D eigenvalue weighted by molar-refractivity contribution is 6.23. The van der Waals surface area contributed by atoms with Gasteiger partial charge in [-0.25, -0.2) is 9.78 Å². The first-order valence-corrected chi connectivity index (χ1v) is 23.8. The Balaban J connectivity index is 0.731. The Bertz CT molecular complexity index is 2150. The van der Waals surface area contributed by atoms with Gasteiger partial charge in [0.05, 0.1) is 29.6 Å². The van der Waals surface area contributed by atoms with E-state index in [1.165, 1.54) is 32.6 Å².